The van der Waals surface area contributed by atoms with Crippen LogP contribution in [0, 0.1) is 13.8 Å². The Morgan fingerprint density at radius 1 is 1.39 bits per heavy atom. The number of thioether (sulfide) groups is 1. The number of aryl methyl sites for hydroxylation is 1. The molecule has 100 valence electrons. The van der Waals surface area contributed by atoms with Gasteiger partial charge in [-0.1, -0.05) is 12.1 Å². The lowest BCUT2D eigenvalue weighted by Gasteiger charge is -2.13. The van der Waals surface area contributed by atoms with Crippen LogP contribution in [0.5, 0.6) is 0 Å². The summed E-state index contributed by atoms with van der Waals surface area (Å²) in [5.41, 5.74) is 11.0. The summed E-state index contributed by atoms with van der Waals surface area (Å²) in [6, 6.07) is 4.25. The minimum atomic E-state index is 0.0353. The predicted molar refractivity (Wildman–Crippen MR) is 78.7 cm³/mol. The van der Waals surface area contributed by atoms with Crippen LogP contribution in [0.4, 0.5) is 0 Å². The largest absolute Gasteiger partial charge is 0.356 e. The molecule has 3 nitrogen and oxygen atoms in total. The fourth-order valence-corrected chi connectivity index (χ4v) is 2.90. The van der Waals surface area contributed by atoms with Crippen LogP contribution in [0.1, 0.15) is 29.2 Å². The monoisotopic (exact) mass is 266 g/mol. The molecule has 1 amide bonds. The maximum Gasteiger partial charge on any atom is 0.216 e. The molecule has 0 bridgehead atoms. The normalized spacial score (nSPS) is 10.4. The Bertz CT molecular complexity index is 419. The van der Waals surface area contributed by atoms with Gasteiger partial charge in [-0.2, -0.15) is 11.8 Å². The summed E-state index contributed by atoms with van der Waals surface area (Å²) in [5.74, 6) is 1.95. The van der Waals surface area contributed by atoms with E-state index in [1.807, 2.05) is 11.8 Å². The van der Waals surface area contributed by atoms with Crippen molar-refractivity contribution in [1.82, 2.24) is 5.32 Å². The molecule has 0 aliphatic carbocycles. The van der Waals surface area contributed by atoms with Gasteiger partial charge in [0.2, 0.25) is 5.91 Å². The average Bonchev–Trinajstić information content (AvgIpc) is 2.32. The molecular formula is C14H22N2OS. The van der Waals surface area contributed by atoms with Gasteiger partial charge in [0.25, 0.3) is 0 Å². The van der Waals surface area contributed by atoms with Gasteiger partial charge < -0.3 is 11.1 Å². The molecule has 0 fully saturated rings. The first-order chi connectivity index (χ1) is 8.56. The lowest BCUT2D eigenvalue weighted by atomic mass is 9.99. The van der Waals surface area contributed by atoms with Gasteiger partial charge >= 0.3 is 0 Å². The van der Waals surface area contributed by atoms with Gasteiger partial charge in [0, 0.05) is 31.5 Å². The topological polar surface area (TPSA) is 55.1 Å². The van der Waals surface area contributed by atoms with E-state index in [4.69, 9.17) is 5.73 Å². The fraction of sp³-hybridized carbons (Fsp3) is 0.500. The van der Waals surface area contributed by atoms with Crippen molar-refractivity contribution in [3.63, 3.8) is 0 Å². The molecule has 0 aromatic heterocycles. The molecule has 0 saturated carbocycles. The first kappa shape index (κ1) is 15.1. The van der Waals surface area contributed by atoms with E-state index in [2.05, 4.69) is 31.3 Å². The summed E-state index contributed by atoms with van der Waals surface area (Å²) in [5, 5.41) is 2.80. The molecule has 18 heavy (non-hydrogen) atoms. The van der Waals surface area contributed by atoms with Crippen LogP contribution in [0.25, 0.3) is 0 Å². The molecule has 0 unspecified atom stereocenters. The number of amides is 1. The summed E-state index contributed by atoms with van der Waals surface area (Å²) in [4.78, 5) is 10.7. The molecule has 1 rings (SSSR count). The number of nitrogens with two attached hydrogens (primary N) is 1. The van der Waals surface area contributed by atoms with Crippen LogP contribution in [0.3, 0.4) is 0 Å². The van der Waals surface area contributed by atoms with Crippen LogP contribution in [0.15, 0.2) is 12.1 Å². The highest BCUT2D eigenvalue weighted by atomic mass is 32.2. The van der Waals surface area contributed by atoms with E-state index in [1.165, 1.54) is 22.3 Å². The van der Waals surface area contributed by atoms with Crippen molar-refractivity contribution in [3.05, 3.63) is 34.4 Å². The Balaban J connectivity index is 2.53. The van der Waals surface area contributed by atoms with Crippen molar-refractivity contribution in [1.29, 1.82) is 0 Å². The number of benzene rings is 1. The van der Waals surface area contributed by atoms with Crippen molar-refractivity contribution in [3.8, 4) is 0 Å². The third kappa shape index (κ3) is 4.35. The summed E-state index contributed by atoms with van der Waals surface area (Å²) in [6.45, 7) is 7.14. The quantitative estimate of drug-likeness (QED) is 0.776. The first-order valence-electron chi connectivity index (χ1n) is 6.16. The zero-order valence-electron chi connectivity index (χ0n) is 11.4. The van der Waals surface area contributed by atoms with Gasteiger partial charge in [0.1, 0.15) is 0 Å². The van der Waals surface area contributed by atoms with Crippen molar-refractivity contribution < 1.29 is 4.79 Å². The molecule has 1 aromatic rings. The lowest BCUT2D eigenvalue weighted by molar-refractivity contribution is -0.118. The molecular weight excluding hydrogens is 244 g/mol. The van der Waals surface area contributed by atoms with E-state index in [1.54, 1.807) is 6.92 Å². The van der Waals surface area contributed by atoms with Gasteiger partial charge in [0.05, 0.1) is 0 Å². The van der Waals surface area contributed by atoms with E-state index < -0.39 is 0 Å². The lowest BCUT2D eigenvalue weighted by Crippen LogP contribution is -2.22. The molecule has 0 spiro atoms. The van der Waals surface area contributed by atoms with Crippen LogP contribution in [-0.4, -0.2) is 18.2 Å². The first-order valence-corrected chi connectivity index (χ1v) is 7.32. The highest BCUT2D eigenvalue weighted by Gasteiger charge is 2.06. The summed E-state index contributed by atoms with van der Waals surface area (Å²) in [6.07, 6.45) is 0. The summed E-state index contributed by atoms with van der Waals surface area (Å²) >= 11 is 1.84. The van der Waals surface area contributed by atoms with E-state index in [9.17, 15) is 4.79 Å². The molecule has 0 atom stereocenters. The zero-order valence-corrected chi connectivity index (χ0v) is 12.2. The minimum absolute atomic E-state index is 0.0353. The highest BCUT2D eigenvalue weighted by Crippen LogP contribution is 2.22. The number of carbonyl (C=O) groups is 1. The average molecular weight is 266 g/mol. The third-order valence-corrected chi connectivity index (χ3v) is 4.02. The van der Waals surface area contributed by atoms with Crippen LogP contribution in [0.2, 0.25) is 0 Å². The van der Waals surface area contributed by atoms with Crippen LogP contribution in [-0.2, 0) is 17.1 Å². The Hall–Kier alpha value is -1.00. The molecule has 1 aromatic carbocycles. The molecule has 0 aliphatic rings. The molecule has 3 N–H and O–H groups in total. The van der Waals surface area contributed by atoms with Gasteiger partial charge in [-0.05, 0) is 36.1 Å². The maximum atomic E-state index is 10.7. The fourth-order valence-electron chi connectivity index (χ4n) is 1.86. The van der Waals surface area contributed by atoms with E-state index >= 15 is 0 Å². The highest BCUT2D eigenvalue weighted by molar-refractivity contribution is 7.98. The maximum absolute atomic E-state index is 10.7. The van der Waals surface area contributed by atoms with Crippen molar-refractivity contribution in [2.45, 2.75) is 33.1 Å². The minimum Gasteiger partial charge on any atom is -0.356 e. The second-order valence-corrected chi connectivity index (χ2v) is 5.49. The summed E-state index contributed by atoms with van der Waals surface area (Å²) in [7, 11) is 0. The molecule has 4 heteroatoms. The molecule has 0 radical (unpaired) electrons. The predicted octanol–water partition coefficient (Wildman–Crippen LogP) is 2.13. The standard InChI is InChI=1S/C14H22N2OS/c1-10-4-5-13(8-15)11(2)14(10)9-18-7-6-16-12(3)17/h4-5H,6-9,15H2,1-3H3,(H,16,17). The molecule has 0 heterocycles. The van der Waals surface area contributed by atoms with Crippen molar-refractivity contribution in [2.24, 2.45) is 5.73 Å². The smallest absolute Gasteiger partial charge is 0.216 e. The van der Waals surface area contributed by atoms with Crippen LogP contribution >= 0.6 is 11.8 Å². The van der Waals surface area contributed by atoms with Gasteiger partial charge in [-0.15, -0.1) is 0 Å². The Kier molecular flexibility index (Phi) is 6.22. The van der Waals surface area contributed by atoms with Crippen LogP contribution < -0.4 is 11.1 Å². The number of rotatable bonds is 6. The van der Waals surface area contributed by atoms with E-state index in [0.29, 0.717) is 6.54 Å². The molecule has 0 aliphatic heterocycles. The second kappa shape index (κ2) is 7.44. The van der Waals surface area contributed by atoms with E-state index in [-0.39, 0.29) is 5.91 Å². The number of carbonyl (C=O) groups excluding carboxylic acids is 1. The number of nitrogens with one attached hydrogen (secondary N) is 1. The van der Waals surface area contributed by atoms with Crippen molar-refractivity contribution in [2.75, 3.05) is 12.3 Å². The Morgan fingerprint density at radius 3 is 2.72 bits per heavy atom. The molecule has 0 saturated heterocycles. The zero-order chi connectivity index (χ0) is 13.5. The van der Waals surface area contributed by atoms with Gasteiger partial charge in [-0.3, -0.25) is 4.79 Å². The third-order valence-electron chi connectivity index (χ3n) is 3.03. The number of hydrogen-bond donors (Lipinski definition) is 2. The number of hydrogen-bond acceptors (Lipinski definition) is 3. The SMILES string of the molecule is CC(=O)NCCSCc1c(C)ccc(CN)c1C. The Labute approximate surface area is 114 Å². The Morgan fingerprint density at radius 2 is 2.11 bits per heavy atom. The second-order valence-electron chi connectivity index (χ2n) is 4.38. The summed E-state index contributed by atoms with van der Waals surface area (Å²) < 4.78 is 0. The van der Waals surface area contributed by atoms with Gasteiger partial charge in [-0.25, -0.2) is 0 Å². The van der Waals surface area contributed by atoms with Crippen molar-refractivity contribution >= 4 is 17.7 Å². The van der Waals surface area contributed by atoms with E-state index in [0.717, 1.165) is 18.1 Å². The van der Waals surface area contributed by atoms with Gasteiger partial charge in [0.15, 0.2) is 0 Å².